The summed E-state index contributed by atoms with van der Waals surface area (Å²) in [6, 6.07) is 7.22. The van der Waals surface area contributed by atoms with E-state index in [9.17, 15) is 9.59 Å². The smallest absolute Gasteiger partial charge is 0.269 e. The average Bonchev–Trinajstić information content (AvgIpc) is 2.98. The van der Waals surface area contributed by atoms with Gasteiger partial charge in [0.05, 0.1) is 6.61 Å². The zero-order valence-corrected chi connectivity index (χ0v) is 15.3. The normalized spacial score (nSPS) is 15.0. The first-order valence-electron chi connectivity index (χ1n) is 8.22. The maximum Gasteiger partial charge on any atom is 0.269 e. The molecule has 3 N–H and O–H groups in total. The first-order chi connectivity index (χ1) is 12.0. The Bertz CT molecular complexity index is 621. The highest BCUT2D eigenvalue weighted by atomic mass is 32.1. The molecule has 0 spiro atoms. The second kappa shape index (κ2) is 9.33. The summed E-state index contributed by atoms with van der Waals surface area (Å²) in [5, 5.41) is 3.31. The highest BCUT2D eigenvalue weighted by molar-refractivity contribution is 7.80. The van der Waals surface area contributed by atoms with Crippen LogP contribution in [-0.4, -0.2) is 48.1 Å². The number of thiocarbonyl (C=S) groups is 1. The van der Waals surface area contributed by atoms with Gasteiger partial charge in [0, 0.05) is 38.2 Å². The summed E-state index contributed by atoms with van der Waals surface area (Å²) in [5.74, 6) is -0.0953. The Hall–Kier alpha value is -2.19. The van der Waals surface area contributed by atoms with Crippen molar-refractivity contribution in [3.8, 4) is 0 Å². The number of hydrogen-bond donors (Lipinski definition) is 3. The van der Waals surface area contributed by atoms with Crippen molar-refractivity contribution in [2.75, 3.05) is 20.3 Å². The molecule has 1 fully saturated rings. The van der Waals surface area contributed by atoms with Crippen molar-refractivity contribution < 1.29 is 14.3 Å². The Morgan fingerprint density at radius 1 is 1.32 bits per heavy atom. The molecule has 2 amide bonds. The van der Waals surface area contributed by atoms with Gasteiger partial charge in [-0.15, -0.1) is 0 Å². The van der Waals surface area contributed by atoms with Crippen molar-refractivity contribution in [1.29, 1.82) is 0 Å². The molecule has 1 aliphatic heterocycles. The Kier molecular flexibility index (Phi) is 7.15. The fraction of sp³-hybridized carbons (Fsp3) is 0.471. The Morgan fingerprint density at radius 3 is 2.64 bits per heavy atom. The third-order valence-electron chi connectivity index (χ3n) is 3.84. The Labute approximate surface area is 153 Å². The standard InChI is InChI=1S/C17H24N4O3S/c1-12(11-24-2)18-17(25)20-19-16(23)14-7-5-13(6-8-14)10-21-9-3-4-15(21)22/h5-8,12H,3-4,9-11H2,1-2H3,(H,19,23)(H2,18,20,25)/t12-/m0/s1. The van der Waals surface area contributed by atoms with E-state index in [0.717, 1.165) is 18.5 Å². The molecule has 7 nitrogen and oxygen atoms in total. The van der Waals surface area contributed by atoms with E-state index in [1.165, 1.54) is 0 Å². The highest BCUT2D eigenvalue weighted by Crippen LogP contribution is 2.14. The van der Waals surface area contributed by atoms with Gasteiger partial charge < -0.3 is 15.0 Å². The van der Waals surface area contributed by atoms with Crippen LogP contribution in [-0.2, 0) is 16.1 Å². The first-order valence-corrected chi connectivity index (χ1v) is 8.63. The number of hydrazine groups is 1. The van der Waals surface area contributed by atoms with E-state index < -0.39 is 0 Å². The van der Waals surface area contributed by atoms with Crippen LogP contribution in [0.25, 0.3) is 0 Å². The van der Waals surface area contributed by atoms with Gasteiger partial charge in [0.15, 0.2) is 5.11 Å². The van der Waals surface area contributed by atoms with Crippen LogP contribution >= 0.6 is 12.2 Å². The fourth-order valence-electron chi connectivity index (χ4n) is 2.59. The monoisotopic (exact) mass is 364 g/mol. The summed E-state index contributed by atoms with van der Waals surface area (Å²) in [5.41, 5.74) is 6.73. The average molecular weight is 364 g/mol. The van der Waals surface area contributed by atoms with Crippen molar-refractivity contribution in [2.45, 2.75) is 32.4 Å². The number of amides is 2. The zero-order valence-electron chi connectivity index (χ0n) is 14.5. The summed E-state index contributed by atoms with van der Waals surface area (Å²) in [6.07, 6.45) is 1.55. The minimum Gasteiger partial charge on any atom is -0.383 e. The minimum atomic E-state index is -0.285. The fourth-order valence-corrected chi connectivity index (χ4v) is 2.84. The van der Waals surface area contributed by atoms with E-state index in [0.29, 0.717) is 30.2 Å². The molecule has 1 atom stereocenters. The number of benzene rings is 1. The zero-order chi connectivity index (χ0) is 18.2. The summed E-state index contributed by atoms with van der Waals surface area (Å²) < 4.78 is 5.00. The third kappa shape index (κ3) is 5.99. The quantitative estimate of drug-likeness (QED) is 0.515. The van der Waals surface area contributed by atoms with Crippen LogP contribution in [0.1, 0.15) is 35.7 Å². The molecule has 0 saturated carbocycles. The second-order valence-electron chi connectivity index (χ2n) is 6.02. The number of rotatable bonds is 6. The van der Waals surface area contributed by atoms with Crippen molar-refractivity contribution >= 4 is 29.1 Å². The van der Waals surface area contributed by atoms with E-state index in [4.69, 9.17) is 17.0 Å². The topological polar surface area (TPSA) is 82.7 Å². The molecule has 1 aromatic carbocycles. The summed E-state index contributed by atoms with van der Waals surface area (Å²) in [4.78, 5) is 25.6. The maximum atomic E-state index is 12.1. The molecule has 1 aromatic rings. The number of likely N-dealkylation sites (tertiary alicyclic amines) is 1. The number of hydrogen-bond acceptors (Lipinski definition) is 4. The molecule has 2 rings (SSSR count). The van der Waals surface area contributed by atoms with Crippen molar-refractivity contribution in [3.05, 3.63) is 35.4 Å². The van der Waals surface area contributed by atoms with E-state index in [1.807, 2.05) is 24.0 Å². The number of carbonyl (C=O) groups excluding carboxylic acids is 2. The van der Waals surface area contributed by atoms with E-state index in [2.05, 4.69) is 16.2 Å². The van der Waals surface area contributed by atoms with Gasteiger partial charge in [-0.1, -0.05) is 12.1 Å². The molecule has 8 heteroatoms. The van der Waals surface area contributed by atoms with Crippen LogP contribution in [0.15, 0.2) is 24.3 Å². The van der Waals surface area contributed by atoms with Gasteiger partial charge in [0.25, 0.3) is 5.91 Å². The second-order valence-corrected chi connectivity index (χ2v) is 6.43. The Balaban J connectivity index is 1.79. The lowest BCUT2D eigenvalue weighted by atomic mass is 10.1. The number of carbonyl (C=O) groups is 2. The van der Waals surface area contributed by atoms with Crippen molar-refractivity contribution in [1.82, 2.24) is 21.1 Å². The highest BCUT2D eigenvalue weighted by Gasteiger charge is 2.20. The number of nitrogens with one attached hydrogen (secondary N) is 3. The predicted octanol–water partition coefficient (Wildman–Crippen LogP) is 0.953. The van der Waals surface area contributed by atoms with Gasteiger partial charge in [-0.2, -0.15) is 0 Å². The molecular weight excluding hydrogens is 340 g/mol. The summed E-state index contributed by atoms with van der Waals surface area (Å²) >= 11 is 5.09. The largest absolute Gasteiger partial charge is 0.383 e. The minimum absolute atomic E-state index is 0.0366. The van der Waals surface area contributed by atoms with Crippen molar-refractivity contribution in [2.24, 2.45) is 0 Å². The van der Waals surface area contributed by atoms with Crippen LogP contribution in [0, 0.1) is 0 Å². The molecule has 25 heavy (non-hydrogen) atoms. The summed E-state index contributed by atoms with van der Waals surface area (Å²) in [6.45, 7) is 3.82. The molecule has 1 saturated heterocycles. The van der Waals surface area contributed by atoms with Gasteiger partial charge >= 0.3 is 0 Å². The van der Waals surface area contributed by atoms with Crippen LogP contribution in [0.2, 0.25) is 0 Å². The van der Waals surface area contributed by atoms with Gasteiger partial charge in [0.2, 0.25) is 5.91 Å². The molecule has 0 aliphatic carbocycles. The molecule has 136 valence electrons. The van der Waals surface area contributed by atoms with E-state index >= 15 is 0 Å². The van der Waals surface area contributed by atoms with Gasteiger partial charge in [-0.25, -0.2) is 0 Å². The van der Waals surface area contributed by atoms with Crippen molar-refractivity contribution in [3.63, 3.8) is 0 Å². The van der Waals surface area contributed by atoms with Crippen LogP contribution in [0.4, 0.5) is 0 Å². The molecule has 1 heterocycles. The molecule has 0 aromatic heterocycles. The number of nitrogens with zero attached hydrogens (tertiary/aromatic N) is 1. The molecule has 0 radical (unpaired) electrons. The SMILES string of the molecule is COC[C@H](C)NC(=S)NNC(=O)c1ccc(CN2CCCC2=O)cc1. The van der Waals surface area contributed by atoms with Crippen LogP contribution in [0.5, 0.6) is 0 Å². The molecule has 0 unspecified atom stereocenters. The van der Waals surface area contributed by atoms with Gasteiger partial charge in [-0.05, 0) is 43.3 Å². The van der Waals surface area contributed by atoms with Crippen LogP contribution in [0.3, 0.4) is 0 Å². The lowest BCUT2D eigenvalue weighted by Gasteiger charge is -2.17. The molecular formula is C17H24N4O3S. The van der Waals surface area contributed by atoms with Gasteiger partial charge in [-0.3, -0.25) is 20.4 Å². The van der Waals surface area contributed by atoms with Crippen LogP contribution < -0.4 is 16.2 Å². The van der Waals surface area contributed by atoms with E-state index in [-0.39, 0.29) is 17.9 Å². The van der Waals surface area contributed by atoms with E-state index in [1.54, 1.807) is 19.2 Å². The lowest BCUT2D eigenvalue weighted by Crippen LogP contribution is -2.49. The summed E-state index contributed by atoms with van der Waals surface area (Å²) in [7, 11) is 1.61. The molecule has 1 aliphatic rings. The first kappa shape index (κ1) is 19.1. The molecule has 0 bridgehead atoms. The Morgan fingerprint density at radius 2 is 2.04 bits per heavy atom. The van der Waals surface area contributed by atoms with Gasteiger partial charge in [0.1, 0.15) is 0 Å². The maximum absolute atomic E-state index is 12.1. The number of ether oxygens (including phenoxy) is 1. The number of methoxy groups -OCH3 is 1. The lowest BCUT2D eigenvalue weighted by molar-refractivity contribution is -0.128. The third-order valence-corrected chi connectivity index (χ3v) is 4.06. The predicted molar refractivity (Wildman–Crippen MR) is 98.8 cm³/mol.